The van der Waals surface area contributed by atoms with E-state index in [1.807, 2.05) is 6.92 Å². The number of benzene rings is 2. The summed E-state index contributed by atoms with van der Waals surface area (Å²) in [6, 6.07) is 17.4. The molecule has 0 fully saturated rings. The van der Waals surface area contributed by atoms with E-state index in [0.717, 1.165) is 12.8 Å². The van der Waals surface area contributed by atoms with Crippen LogP contribution in [-0.4, -0.2) is 7.05 Å². The summed E-state index contributed by atoms with van der Waals surface area (Å²) < 4.78 is 0. The van der Waals surface area contributed by atoms with Crippen LogP contribution in [0.1, 0.15) is 37.1 Å². The third-order valence-electron chi connectivity index (χ3n) is 4.92. The summed E-state index contributed by atoms with van der Waals surface area (Å²) in [6.07, 6.45) is 6.37. The standard InChI is InChI=1S/C24H25NS/c1-4-5-16-24(2,17-8-11-20-12-9-18-26-20)23-21-13-7-6-10-19(21)14-15-22(23)25-3/h6-15,18,25H,16-17H2,1-3H3/p+1/b11-8+. The van der Waals surface area contributed by atoms with E-state index >= 15 is 0 Å². The zero-order valence-corrected chi connectivity index (χ0v) is 16.6. The number of thiophene rings is 1. The fourth-order valence-corrected chi connectivity index (χ4v) is 4.22. The van der Waals surface area contributed by atoms with Crippen molar-refractivity contribution >= 4 is 33.9 Å². The van der Waals surface area contributed by atoms with Gasteiger partial charge in [-0.3, -0.25) is 0 Å². The molecule has 0 radical (unpaired) electrons. The molecule has 0 aliphatic rings. The lowest BCUT2D eigenvalue weighted by Gasteiger charge is -2.29. The average molecular weight is 361 g/mol. The van der Waals surface area contributed by atoms with Crippen LogP contribution in [0.2, 0.25) is 0 Å². The van der Waals surface area contributed by atoms with Gasteiger partial charge in [-0.25, -0.2) is 0 Å². The van der Waals surface area contributed by atoms with Gasteiger partial charge in [0.2, 0.25) is 0 Å². The van der Waals surface area contributed by atoms with Gasteiger partial charge < -0.3 is 5.32 Å². The Kier molecular flexibility index (Phi) is 5.93. The maximum absolute atomic E-state index is 3.35. The second-order valence-corrected chi connectivity index (χ2v) is 7.80. The molecule has 1 aromatic heterocycles. The highest BCUT2D eigenvalue weighted by Crippen LogP contribution is 2.40. The van der Waals surface area contributed by atoms with Crippen LogP contribution in [0.25, 0.3) is 16.8 Å². The number of allylic oxidation sites excluding steroid dienone is 1. The van der Waals surface area contributed by atoms with E-state index in [-0.39, 0.29) is 5.41 Å². The zero-order chi connectivity index (χ0) is 18.4. The molecule has 3 rings (SSSR count). The molecular formula is C24H26NS+. The molecule has 1 heterocycles. The second-order valence-electron chi connectivity index (χ2n) is 6.83. The molecule has 2 N–H and O–H groups in total. The lowest BCUT2D eigenvalue weighted by Crippen LogP contribution is -2.73. The Morgan fingerprint density at radius 1 is 1.12 bits per heavy atom. The topological polar surface area (TPSA) is 16.6 Å². The van der Waals surface area contributed by atoms with Gasteiger partial charge in [0.25, 0.3) is 0 Å². The third kappa shape index (κ3) is 3.90. The molecule has 1 nitrogen and oxygen atoms in total. The maximum Gasteiger partial charge on any atom is 0.133 e. The van der Waals surface area contributed by atoms with Gasteiger partial charge in [-0.2, -0.15) is 0 Å². The molecular weight excluding hydrogens is 334 g/mol. The highest BCUT2D eigenvalue weighted by Gasteiger charge is 2.30. The van der Waals surface area contributed by atoms with Crippen molar-refractivity contribution < 1.29 is 5.32 Å². The number of rotatable bonds is 6. The van der Waals surface area contributed by atoms with Gasteiger partial charge in [0.05, 0.1) is 7.05 Å². The Hall–Kier alpha value is -2.34. The Morgan fingerprint density at radius 2 is 1.96 bits per heavy atom. The summed E-state index contributed by atoms with van der Waals surface area (Å²) in [5, 5.41) is 6.98. The summed E-state index contributed by atoms with van der Waals surface area (Å²) in [7, 11) is 2.13. The first-order chi connectivity index (χ1) is 12.7. The first kappa shape index (κ1) is 18.5. The maximum atomic E-state index is 3.35. The van der Waals surface area contributed by atoms with Gasteiger partial charge in [-0.1, -0.05) is 43.3 Å². The van der Waals surface area contributed by atoms with E-state index in [4.69, 9.17) is 0 Å². The summed E-state index contributed by atoms with van der Waals surface area (Å²) in [5.41, 5.74) is 2.70. The van der Waals surface area contributed by atoms with Gasteiger partial charge >= 0.3 is 0 Å². The van der Waals surface area contributed by atoms with Gasteiger partial charge in [0, 0.05) is 22.3 Å². The Balaban J connectivity index is 2.09. The monoisotopic (exact) mass is 360 g/mol. The highest BCUT2D eigenvalue weighted by molar-refractivity contribution is 7.10. The molecule has 0 aliphatic heterocycles. The predicted molar refractivity (Wildman–Crippen MR) is 115 cm³/mol. The Morgan fingerprint density at radius 3 is 2.69 bits per heavy atom. The van der Waals surface area contributed by atoms with Crippen LogP contribution in [0, 0.1) is 11.8 Å². The molecule has 0 saturated heterocycles. The van der Waals surface area contributed by atoms with E-state index in [1.54, 1.807) is 11.3 Å². The zero-order valence-electron chi connectivity index (χ0n) is 15.8. The van der Waals surface area contributed by atoms with E-state index in [1.165, 1.54) is 26.9 Å². The van der Waals surface area contributed by atoms with Crippen LogP contribution >= 0.6 is 11.3 Å². The second kappa shape index (κ2) is 8.36. The quantitative estimate of drug-likeness (QED) is 0.441. The predicted octanol–water partition coefficient (Wildman–Crippen LogP) is 5.50. The summed E-state index contributed by atoms with van der Waals surface area (Å²) >= 11 is 1.78. The number of nitrogens with two attached hydrogens (primary N) is 1. The normalized spacial score (nSPS) is 13.5. The molecule has 26 heavy (non-hydrogen) atoms. The highest BCUT2D eigenvalue weighted by atomic mass is 32.1. The molecule has 2 heteroatoms. The first-order valence-corrected chi connectivity index (χ1v) is 9.97. The average Bonchev–Trinajstić information content (AvgIpc) is 3.19. The van der Waals surface area contributed by atoms with Crippen LogP contribution in [0.15, 0.2) is 60.0 Å². The number of quaternary nitrogens is 1. The van der Waals surface area contributed by atoms with Crippen molar-refractivity contribution in [2.75, 3.05) is 7.05 Å². The van der Waals surface area contributed by atoms with Crippen molar-refractivity contribution in [1.29, 1.82) is 0 Å². The van der Waals surface area contributed by atoms with Crippen LogP contribution < -0.4 is 5.32 Å². The number of fused-ring (bicyclic) bond motifs is 1. The molecule has 0 amide bonds. The molecule has 0 saturated carbocycles. The van der Waals surface area contributed by atoms with Crippen LogP contribution in [0.5, 0.6) is 0 Å². The van der Waals surface area contributed by atoms with Crippen molar-refractivity contribution in [2.45, 2.75) is 32.1 Å². The fraction of sp³-hybridized carbons (Fsp3) is 0.250. The Labute approximate surface area is 160 Å². The van der Waals surface area contributed by atoms with E-state index in [9.17, 15) is 0 Å². The van der Waals surface area contributed by atoms with Gasteiger partial charge in [-0.15, -0.1) is 23.2 Å². The van der Waals surface area contributed by atoms with Crippen molar-refractivity contribution in [2.24, 2.45) is 0 Å². The lowest BCUT2D eigenvalue weighted by molar-refractivity contribution is -0.540. The van der Waals surface area contributed by atoms with Crippen LogP contribution in [-0.2, 0) is 5.41 Å². The molecule has 1 atom stereocenters. The molecule has 3 aromatic rings. The van der Waals surface area contributed by atoms with Crippen LogP contribution in [0.4, 0.5) is 5.69 Å². The lowest BCUT2D eigenvalue weighted by atomic mass is 9.74. The SMILES string of the molecule is CC#CCC(C)(C/C=C/c1cccs1)c1c([NH2+]C)ccc2ccccc12. The molecule has 0 bridgehead atoms. The fourth-order valence-electron chi connectivity index (χ4n) is 3.57. The summed E-state index contributed by atoms with van der Waals surface area (Å²) in [5.74, 6) is 6.45. The minimum atomic E-state index is -0.0283. The van der Waals surface area contributed by atoms with Gasteiger partial charge in [-0.05, 0) is 53.8 Å². The van der Waals surface area contributed by atoms with Crippen LogP contribution in [0.3, 0.4) is 0 Å². The van der Waals surface area contributed by atoms with Crippen molar-refractivity contribution in [3.63, 3.8) is 0 Å². The largest absolute Gasteiger partial charge is 0.316 e. The van der Waals surface area contributed by atoms with Gasteiger partial charge in [0.15, 0.2) is 0 Å². The molecule has 1 unspecified atom stereocenters. The molecule has 2 aromatic carbocycles. The third-order valence-corrected chi connectivity index (χ3v) is 5.76. The van der Waals surface area contributed by atoms with Crippen molar-refractivity contribution in [1.82, 2.24) is 0 Å². The number of hydrogen-bond acceptors (Lipinski definition) is 1. The van der Waals surface area contributed by atoms with E-state index < -0.39 is 0 Å². The van der Waals surface area contributed by atoms with Crippen molar-refractivity contribution in [3.8, 4) is 11.8 Å². The minimum Gasteiger partial charge on any atom is -0.316 e. The molecule has 0 aliphatic carbocycles. The molecule has 0 spiro atoms. The smallest absolute Gasteiger partial charge is 0.133 e. The van der Waals surface area contributed by atoms with Crippen molar-refractivity contribution in [3.05, 3.63) is 70.4 Å². The first-order valence-electron chi connectivity index (χ1n) is 9.09. The van der Waals surface area contributed by atoms with E-state index in [2.05, 4.69) is 97.2 Å². The molecule has 132 valence electrons. The van der Waals surface area contributed by atoms with E-state index in [0.29, 0.717) is 0 Å². The minimum absolute atomic E-state index is 0.0283. The Bertz CT molecular complexity index is 957. The summed E-state index contributed by atoms with van der Waals surface area (Å²) in [6.45, 7) is 4.28. The number of hydrogen-bond donors (Lipinski definition) is 1. The van der Waals surface area contributed by atoms with Gasteiger partial charge in [0.1, 0.15) is 5.69 Å². The summed E-state index contributed by atoms with van der Waals surface area (Å²) in [4.78, 5) is 1.30.